The van der Waals surface area contributed by atoms with Crippen LogP contribution in [-0.2, 0) is 4.74 Å². The number of rotatable bonds is 4. The smallest absolute Gasteiger partial charge is 0.0771 e. The molecule has 0 saturated carbocycles. The molecule has 1 fully saturated rings. The molecule has 0 spiro atoms. The first-order valence-corrected chi connectivity index (χ1v) is 6.89. The number of ether oxygens (including phenoxy) is 1. The van der Waals surface area contributed by atoms with Crippen molar-refractivity contribution >= 4 is 0 Å². The van der Waals surface area contributed by atoms with Gasteiger partial charge < -0.3 is 10.1 Å². The van der Waals surface area contributed by atoms with Crippen molar-refractivity contribution in [3.05, 3.63) is 11.6 Å². The van der Waals surface area contributed by atoms with Crippen LogP contribution in [0.15, 0.2) is 11.6 Å². The van der Waals surface area contributed by atoms with Crippen molar-refractivity contribution in [2.75, 3.05) is 6.54 Å². The third kappa shape index (κ3) is 2.86. The molecular formula is C14H25NO. The van der Waals surface area contributed by atoms with Gasteiger partial charge in [-0.2, -0.15) is 0 Å². The Bertz CT molecular complexity index is 249. The maximum Gasteiger partial charge on any atom is 0.0771 e. The zero-order valence-corrected chi connectivity index (χ0v) is 10.7. The summed E-state index contributed by atoms with van der Waals surface area (Å²) in [4.78, 5) is 0. The van der Waals surface area contributed by atoms with E-state index in [1.54, 1.807) is 5.57 Å². The van der Waals surface area contributed by atoms with Gasteiger partial charge in [-0.3, -0.25) is 0 Å². The molecule has 1 aliphatic carbocycles. The second-order valence-electron chi connectivity index (χ2n) is 5.12. The number of hydrogen-bond acceptors (Lipinski definition) is 2. The van der Waals surface area contributed by atoms with Gasteiger partial charge in [0.1, 0.15) is 0 Å². The molecule has 0 radical (unpaired) electrons. The van der Waals surface area contributed by atoms with E-state index in [4.69, 9.17) is 4.74 Å². The van der Waals surface area contributed by atoms with Crippen LogP contribution in [0, 0.1) is 0 Å². The van der Waals surface area contributed by atoms with Gasteiger partial charge in [0.2, 0.25) is 0 Å². The molecule has 1 aliphatic heterocycles. The molecule has 3 unspecified atom stereocenters. The van der Waals surface area contributed by atoms with E-state index in [0.717, 1.165) is 6.54 Å². The van der Waals surface area contributed by atoms with Crippen LogP contribution in [0.1, 0.15) is 52.4 Å². The van der Waals surface area contributed by atoms with Crippen molar-refractivity contribution in [3.63, 3.8) is 0 Å². The standard InChI is InChI=1S/C14H25NO/c1-3-15-14(12-7-5-4-6-8-12)13-10-9-11(2)16-13/h7,11,13-15H,3-6,8-10H2,1-2H3. The molecule has 0 amide bonds. The third-order valence-electron chi connectivity index (χ3n) is 3.79. The van der Waals surface area contributed by atoms with E-state index in [9.17, 15) is 0 Å². The van der Waals surface area contributed by atoms with Gasteiger partial charge in [-0.15, -0.1) is 0 Å². The lowest BCUT2D eigenvalue weighted by atomic mass is 9.90. The molecule has 1 heterocycles. The van der Waals surface area contributed by atoms with Gasteiger partial charge in [-0.25, -0.2) is 0 Å². The summed E-state index contributed by atoms with van der Waals surface area (Å²) in [6, 6.07) is 0.482. The molecule has 2 rings (SSSR count). The summed E-state index contributed by atoms with van der Waals surface area (Å²) in [7, 11) is 0. The van der Waals surface area contributed by atoms with Crippen molar-refractivity contribution in [1.82, 2.24) is 5.32 Å². The third-order valence-corrected chi connectivity index (χ3v) is 3.79. The first kappa shape index (κ1) is 12.1. The lowest BCUT2D eigenvalue weighted by Gasteiger charge is -2.29. The van der Waals surface area contributed by atoms with Crippen molar-refractivity contribution in [2.45, 2.75) is 70.6 Å². The van der Waals surface area contributed by atoms with Gasteiger partial charge in [0.25, 0.3) is 0 Å². The molecule has 3 atom stereocenters. The lowest BCUT2D eigenvalue weighted by molar-refractivity contribution is 0.0390. The van der Waals surface area contributed by atoms with E-state index in [1.807, 2.05) is 0 Å². The summed E-state index contributed by atoms with van der Waals surface area (Å²) in [5.41, 5.74) is 1.60. The van der Waals surface area contributed by atoms with Crippen LogP contribution in [0.3, 0.4) is 0 Å². The summed E-state index contributed by atoms with van der Waals surface area (Å²) < 4.78 is 6.03. The summed E-state index contributed by atoms with van der Waals surface area (Å²) in [5, 5.41) is 3.62. The quantitative estimate of drug-likeness (QED) is 0.740. The first-order valence-electron chi connectivity index (χ1n) is 6.89. The van der Waals surface area contributed by atoms with Gasteiger partial charge in [-0.1, -0.05) is 18.6 Å². The van der Waals surface area contributed by atoms with Crippen LogP contribution in [-0.4, -0.2) is 24.8 Å². The Morgan fingerprint density at radius 3 is 2.88 bits per heavy atom. The number of likely N-dealkylation sites (N-methyl/N-ethyl adjacent to an activating group) is 1. The molecule has 2 aliphatic rings. The van der Waals surface area contributed by atoms with Crippen molar-refractivity contribution in [2.24, 2.45) is 0 Å². The Morgan fingerprint density at radius 1 is 1.44 bits per heavy atom. The van der Waals surface area contributed by atoms with Crippen molar-refractivity contribution < 1.29 is 4.74 Å². The minimum absolute atomic E-state index is 0.416. The fraction of sp³-hybridized carbons (Fsp3) is 0.857. The minimum atomic E-state index is 0.416. The summed E-state index contributed by atoms with van der Waals surface area (Å²) >= 11 is 0. The summed E-state index contributed by atoms with van der Waals surface area (Å²) in [5.74, 6) is 0. The Morgan fingerprint density at radius 2 is 2.31 bits per heavy atom. The molecule has 1 N–H and O–H groups in total. The van der Waals surface area contributed by atoms with Gasteiger partial charge in [-0.05, 0) is 52.0 Å². The van der Waals surface area contributed by atoms with Gasteiger partial charge >= 0.3 is 0 Å². The predicted molar refractivity (Wildman–Crippen MR) is 67.6 cm³/mol. The molecule has 92 valence electrons. The fourth-order valence-electron chi connectivity index (χ4n) is 2.95. The molecule has 1 saturated heterocycles. The Labute approximate surface area is 99.4 Å². The van der Waals surface area contributed by atoms with Crippen LogP contribution >= 0.6 is 0 Å². The number of allylic oxidation sites excluding steroid dienone is 1. The SMILES string of the molecule is CCNC(C1=CCCCC1)C1CCC(C)O1. The maximum atomic E-state index is 6.03. The molecular weight excluding hydrogens is 198 g/mol. The van der Waals surface area contributed by atoms with Crippen molar-refractivity contribution in [1.29, 1.82) is 0 Å². The molecule has 2 heteroatoms. The highest BCUT2D eigenvalue weighted by Gasteiger charge is 2.31. The van der Waals surface area contributed by atoms with E-state index in [0.29, 0.717) is 18.2 Å². The molecule has 0 aromatic heterocycles. The normalized spacial score (nSPS) is 32.5. The van der Waals surface area contributed by atoms with E-state index >= 15 is 0 Å². The molecule has 0 bridgehead atoms. The van der Waals surface area contributed by atoms with E-state index in [1.165, 1.54) is 38.5 Å². The zero-order chi connectivity index (χ0) is 11.4. The van der Waals surface area contributed by atoms with Crippen LogP contribution in [0.5, 0.6) is 0 Å². The Balaban J connectivity index is 2.01. The molecule has 2 nitrogen and oxygen atoms in total. The second kappa shape index (κ2) is 5.83. The molecule has 0 aromatic rings. The number of hydrogen-bond donors (Lipinski definition) is 1. The highest BCUT2D eigenvalue weighted by Crippen LogP contribution is 2.29. The average Bonchev–Trinajstić information content (AvgIpc) is 2.74. The highest BCUT2D eigenvalue weighted by atomic mass is 16.5. The van der Waals surface area contributed by atoms with Crippen LogP contribution in [0.2, 0.25) is 0 Å². The lowest BCUT2D eigenvalue weighted by Crippen LogP contribution is -2.41. The first-order chi connectivity index (χ1) is 7.81. The topological polar surface area (TPSA) is 21.3 Å². The Hall–Kier alpha value is -0.340. The van der Waals surface area contributed by atoms with E-state index in [-0.39, 0.29) is 0 Å². The zero-order valence-electron chi connectivity index (χ0n) is 10.7. The summed E-state index contributed by atoms with van der Waals surface area (Å²) in [6.45, 7) is 5.42. The minimum Gasteiger partial charge on any atom is -0.373 e. The van der Waals surface area contributed by atoms with Crippen LogP contribution in [0.4, 0.5) is 0 Å². The van der Waals surface area contributed by atoms with E-state index < -0.39 is 0 Å². The second-order valence-corrected chi connectivity index (χ2v) is 5.12. The van der Waals surface area contributed by atoms with Crippen LogP contribution in [0.25, 0.3) is 0 Å². The van der Waals surface area contributed by atoms with Gasteiger partial charge in [0.15, 0.2) is 0 Å². The predicted octanol–water partition coefficient (Wildman–Crippen LogP) is 3.03. The maximum absolute atomic E-state index is 6.03. The number of nitrogens with one attached hydrogen (secondary N) is 1. The molecule has 16 heavy (non-hydrogen) atoms. The molecule has 0 aromatic carbocycles. The van der Waals surface area contributed by atoms with Gasteiger partial charge in [0.05, 0.1) is 18.2 Å². The van der Waals surface area contributed by atoms with E-state index in [2.05, 4.69) is 25.2 Å². The average molecular weight is 223 g/mol. The fourth-order valence-corrected chi connectivity index (χ4v) is 2.95. The van der Waals surface area contributed by atoms with Gasteiger partial charge in [0, 0.05) is 0 Å². The monoisotopic (exact) mass is 223 g/mol. The highest BCUT2D eigenvalue weighted by molar-refractivity contribution is 5.16. The Kier molecular flexibility index (Phi) is 4.42. The van der Waals surface area contributed by atoms with Crippen LogP contribution < -0.4 is 5.32 Å². The van der Waals surface area contributed by atoms with Crippen molar-refractivity contribution in [3.8, 4) is 0 Å². The summed E-state index contributed by atoms with van der Waals surface area (Å²) in [6.07, 6.45) is 11.0. The largest absolute Gasteiger partial charge is 0.373 e.